The van der Waals surface area contributed by atoms with Crippen molar-refractivity contribution in [2.75, 3.05) is 4.90 Å². The Bertz CT molecular complexity index is 4600. The quantitative estimate of drug-likeness (QED) is 0.171. The number of fused-ring (bicyclic) bond motifs is 18. The summed E-state index contributed by atoms with van der Waals surface area (Å²) in [6.45, 7) is 4.48. The van der Waals surface area contributed by atoms with Crippen LogP contribution < -0.4 is 4.90 Å². The zero-order valence-electron chi connectivity index (χ0n) is 40.2. The summed E-state index contributed by atoms with van der Waals surface area (Å²) >= 11 is 1.86. The molecule has 2 aliphatic rings. The Hall–Kier alpha value is -8.96. The second kappa shape index (κ2) is 15.0. The fourth-order valence-electron chi connectivity index (χ4n) is 13.0. The van der Waals surface area contributed by atoms with Crippen LogP contribution in [0.5, 0.6) is 0 Å². The van der Waals surface area contributed by atoms with Crippen molar-refractivity contribution in [2.24, 2.45) is 0 Å². The highest BCUT2D eigenvalue weighted by Crippen LogP contribution is 2.61. The Morgan fingerprint density at radius 1 is 0.397 bits per heavy atom. The number of rotatable bonds is 5. The van der Waals surface area contributed by atoms with Crippen LogP contribution >= 0.6 is 11.3 Å². The molecule has 16 rings (SSSR count). The molecule has 4 heterocycles. The predicted molar refractivity (Wildman–Crippen MR) is 307 cm³/mol. The summed E-state index contributed by atoms with van der Waals surface area (Å²) in [5.74, 6) is 0. The number of benzene rings is 11. The highest BCUT2D eigenvalue weighted by Gasteiger charge is 2.51. The second-order valence-corrected chi connectivity index (χ2v) is 21.2. The minimum atomic E-state index is -0.521. The minimum Gasteiger partial charge on any atom is -0.456 e. The van der Waals surface area contributed by atoms with Gasteiger partial charge in [0.1, 0.15) is 11.2 Å². The van der Waals surface area contributed by atoms with E-state index in [1.54, 1.807) is 0 Å². The SMILES string of the molecule is Cc1ccc2c(c1)c1cc(C)cc3c1n2-c1ccc(-c2ccc(N(c4ccc(-c5cccc6oc7ccccc7c56)cc4)c4ccc5c(c4)sc4ccccc45)cc2)cc1C31c2ccccc2-c2ccccc21. The first-order valence-corrected chi connectivity index (χ1v) is 26.0. The number of furan rings is 1. The number of para-hydroxylation sites is 1. The molecule has 14 aromatic rings. The molecule has 1 aliphatic carbocycles. The third-order valence-electron chi connectivity index (χ3n) is 16.1. The van der Waals surface area contributed by atoms with Gasteiger partial charge < -0.3 is 13.9 Å². The van der Waals surface area contributed by atoms with Crippen molar-refractivity contribution >= 4 is 92.3 Å². The van der Waals surface area contributed by atoms with Crippen LogP contribution in [-0.2, 0) is 5.41 Å². The van der Waals surface area contributed by atoms with E-state index in [0.717, 1.165) is 50.1 Å². The Balaban J connectivity index is 0.868. The molecule has 0 N–H and O–H groups in total. The first-order valence-electron chi connectivity index (χ1n) is 25.2. The molecule has 1 aliphatic heterocycles. The van der Waals surface area contributed by atoms with Gasteiger partial charge in [-0.25, -0.2) is 0 Å². The lowest BCUT2D eigenvalue weighted by molar-refractivity contribution is 0.669. The molecule has 0 bridgehead atoms. The minimum absolute atomic E-state index is 0.521. The van der Waals surface area contributed by atoms with Crippen LogP contribution in [0.15, 0.2) is 235 Å². The third kappa shape index (κ3) is 5.64. The topological polar surface area (TPSA) is 21.3 Å². The van der Waals surface area contributed by atoms with Crippen molar-refractivity contribution in [1.82, 2.24) is 4.57 Å². The maximum absolute atomic E-state index is 6.31. The number of aromatic nitrogens is 1. The van der Waals surface area contributed by atoms with Gasteiger partial charge in [0.2, 0.25) is 0 Å². The van der Waals surface area contributed by atoms with E-state index in [0.29, 0.717) is 0 Å². The first kappa shape index (κ1) is 40.7. The molecule has 0 saturated heterocycles. The Morgan fingerprint density at radius 2 is 1.03 bits per heavy atom. The standard InChI is InChI=1S/C69H44N2OS/c1-41-22-34-61-55(36-41)56-37-42(2)38-60-68(56)71(61)62-35-27-45(39-59(62)69(60)57-17-7-3-12-50(57)51-13-4-8-18-58(51)69)43-23-28-46(29-24-43)70(48-32-33-53-52-14-6-10-21-65(52)73-66(53)40-48)47-30-25-44(26-31-47)49-16-11-20-64-67(49)54-15-5-9-19-63(54)72-64/h3-40H,1-2H3. The monoisotopic (exact) mass is 948 g/mol. The van der Waals surface area contributed by atoms with Crippen LogP contribution in [0, 0.1) is 13.8 Å². The lowest BCUT2D eigenvalue weighted by atomic mass is 9.65. The van der Waals surface area contributed by atoms with Crippen LogP contribution in [0.4, 0.5) is 17.1 Å². The van der Waals surface area contributed by atoms with Gasteiger partial charge in [0.15, 0.2) is 0 Å². The number of anilines is 3. The summed E-state index contributed by atoms with van der Waals surface area (Å²) in [5, 5.41) is 7.48. The van der Waals surface area contributed by atoms with E-state index in [4.69, 9.17) is 4.42 Å². The van der Waals surface area contributed by atoms with Crippen molar-refractivity contribution < 1.29 is 4.42 Å². The van der Waals surface area contributed by atoms with E-state index in [2.05, 4.69) is 248 Å². The van der Waals surface area contributed by atoms with Crippen LogP contribution in [0.25, 0.3) is 103 Å². The fourth-order valence-corrected chi connectivity index (χ4v) is 14.2. The van der Waals surface area contributed by atoms with Gasteiger partial charge in [0, 0.05) is 58.8 Å². The molecule has 342 valence electrons. The molecule has 3 aromatic heterocycles. The number of hydrogen-bond acceptors (Lipinski definition) is 3. The Morgan fingerprint density at radius 3 is 1.82 bits per heavy atom. The maximum atomic E-state index is 6.31. The van der Waals surface area contributed by atoms with Crippen LogP contribution in [0.3, 0.4) is 0 Å². The smallest absolute Gasteiger partial charge is 0.136 e. The average molecular weight is 949 g/mol. The van der Waals surface area contributed by atoms with E-state index >= 15 is 0 Å². The lowest BCUT2D eigenvalue weighted by Gasteiger charge is -2.40. The molecule has 0 amide bonds. The molecule has 0 saturated carbocycles. The molecule has 0 atom stereocenters. The van der Waals surface area contributed by atoms with E-state index < -0.39 is 5.41 Å². The van der Waals surface area contributed by atoms with E-state index in [1.165, 1.54) is 103 Å². The van der Waals surface area contributed by atoms with Crippen molar-refractivity contribution in [2.45, 2.75) is 19.3 Å². The summed E-state index contributed by atoms with van der Waals surface area (Å²) in [4.78, 5) is 2.41. The van der Waals surface area contributed by atoms with Crippen molar-refractivity contribution in [3.63, 3.8) is 0 Å². The highest BCUT2D eigenvalue weighted by atomic mass is 32.1. The molecule has 0 fully saturated rings. The van der Waals surface area contributed by atoms with E-state index in [1.807, 2.05) is 17.4 Å². The normalized spacial score (nSPS) is 13.2. The van der Waals surface area contributed by atoms with Gasteiger partial charge in [-0.2, -0.15) is 0 Å². The zero-order chi connectivity index (χ0) is 48.1. The second-order valence-electron chi connectivity index (χ2n) is 20.1. The largest absolute Gasteiger partial charge is 0.456 e. The first-order chi connectivity index (χ1) is 36.0. The lowest BCUT2D eigenvalue weighted by Crippen LogP contribution is -2.33. The number of nitrogens with zero attached hydrogens (tertiary/aromatic N) is 2. The summed E-state index contributed by atoms with van der Waals surface area (Å²) < 4.78 is 11.4. The number of aryl methyl sites for hydroxylation is 2. The third-order valence-corrected chi connectivity index (χ3v) is 17.2. The molecule has 4 heteroatoms. The molecule has 0 unspecified atom stereocenters. The predicted octanol–water partition coefficient (Wildman–Crippen LogP) is 19.1. The molecule has 3 nitrogen and oxygen atoms in total. The summed E-state index contributed by atoms with van der Waals surface area (Å²) in [5.41, 5.74) is 23.5. The van der Waals surface area contributed by atoms with Gasteiger partial charge in [-0.05, 0) is 154 Å². The van der Waals surface area contributed by atoms with Crippen LogP contribution in [0.2, 0.25) is 0 Å². The van der Waals surface area contributed by atoms with Gasteiger partial charge in [-0.3, -0.25) is 0 Å². The van der Waals surface area contributed by atoms with E-state index in [9.17, 15) is 0 Å². The molecular weight excluding hydrogens is 905 g/mol. The van der Waals surface area contributed by atoms with Crippen LogP contribution in [0.1, 0.15) is 33.4 Å². The Labute approximate surface area is 426 Å². The van der Waals surface area contributed by atoms with Crippen LogP contribution in [-0.4, -0.2) is 4.57 Å². The summed E-state index contributed by atoms with van der Waals surface area (Å²) in [7, 11) is 0. The zero-order valence-corrected chi connectivity index (χ0v) is 41.0. The molecular formula is C69H44N2OS. The van der Waals surface area contributed by atoms with Gasteiger partial charge in [-0.1, -0.05) is 157 Å². The molecule has 11 aromatic carbocycles. The molecule has 1 spiro atoms. The van der Waals surface area contributed by atoms with Crippen molar-refractivity contribution in [3.8, 4) is 39.1 Å². The van der Waals surface area contributed by atoms with Gasteiger partial charge in [0.05, 0.1) is 22.1 Å². The fraction of sp³-hybridized carbons (Fsp3) is 0.0435. The van der Waals surface area contributed by atoms with E-state index in [-0.39, 0.29) is 0 Å². The molecule has 0 radical (unpaired) electrons. The number of hydrogen-bond donors (Lipinski definition) is 0. The van der Waals surface area contributed by atoms with Gasteiger partial charge in [-0.15, -0.1) is 11.3 Å². The highest BCUT2D eigenvalue weighted by molar-refractivity contribution is 7.25. The summed E-state index contributed by atoms with van der Waals surface area (Å²) in [6, 6.07) is 86.1. The Kier molecular flexibility index (Phi) is 8.39. The molecule has 73 heavy (non-hydrogen) atoms. The maximum Gasteiger partial charge on any atom is 0.136 e. The van der Waals surface area contributed by atoms with Crippen molar-refractivity contribution in [3.05, 3.63) is 264 Å². The average Bonchev–Trinajstić information content (AvgIpc) is 4.27. The number of thiophene rings is 1. The van der Waals surface area contributed by atoms with Gasteiger partial charge >= 0.3 is 0 Å². The summed E-state index contributed by atoms with van der Waals surface area (Å²) in [6.07, 6.45) is 0. The van der Waals surface area contributed by atoms with Crippen molar-refractivity contribution in [1.29, 1.82) is 0 Å². The van der Waals surface area contributed by atoms with Gasteiger partial charge in [0.25, 0.3) is 0 Å².